The molecule has 1 nitrogen and oxygen atoms in total. The Morgan fingerprint density at radius 2 is 0.825 bits per heavy atom. The molecule has 10 aromatic carbocycles. The number of hydrogen-bond donors (Lipinski definition) is 0. The van der Waals surface area contributed by atoms with Crippen molar-refractivity contribution in [3.8, 4) is 44.5 Å². The number of anilines is 3. The molecule has 298 valence electrons. The smallest absolute Gasteiger partial charge is 0.0714 e. The molecule has 63 heavy (non-hydrogen) atoms. The first-order valence-electron chi connectivity index (χ1n) is 22.1. The molecule has 0 aliphatic heterocycles. The minimum atomic E-state index is -0.535. The fraction of sp³-hybridized carbons (Fsp3) is 0.0645. The van der Waals surface area contributed by atoms with Gasteiger partial charge in [0.1, 0.15) is 0 Å². The van der Waals surface area contributed by atoms with Gasteiger partial charge in [0, 0.05) is 22.4 Å². The molecule has 0 saturated carbocycles. The van der Waals surface area contributed by atoms with Crippen LogP contribution < -0.4 is 4.90 Å². The van der Waals surface area contributed by atoms with Crippen molar-refractivity contribution < 1.29 is 0 Å². The molecule has 0 atom stereocenters. The predicted octanol–water partition coefficient (Wildman–Crippen LogP) is 16.3. The summed E-state index contributed by atoms with van der Waals surface area (Å²) in [5.74, 6) is 0. The predicted molar refractivity (Wildman–Crippen MR) is 264 cm³/mol. The Bertz CT molecular complexity index is 3320. The Labute approximate surface area is 370 Å². The average molecular weight is 804 g/mol. The summed E-state index contributed by atoms with van der Waals surface area (Å²) in [7, 11) is 0. The summed E-state index contributed by atoms with van der Waals surface area (Å²) in [6.07, 6.45) is 0. The minimum Gasteiger partial charge on any atom is -0.310 e. The highest BCUT2D eigenvalue weighted by Crippen LogP contribution is 2.58. The van der Waals surface area contributed by atoms with Gasteiger partial charge in [-0.1, -0.05) is 214 Å². The first-order valence-corrected chi connectivity index (χ1v) is 22.1. The lowest BCUT2D eigenvalue weighted by atomic mass is 9.67. The fourth-order valence-electron chi connectivity index (χ4n) is 11.1. The maximum atomic E-state index is 2.54. The van der Waals surface area contributed by atoms with Crippen molar-refractivity contribution >= 4 is 27.8 Å². The van der Waals surface area contributed by atoms with Crippen molar-refractivity contribution in [2.75, 3.05) is 4.90 Å². The monoisotopic (exact) mass is 803 g/mol. The molecule has 0 saturated heterocycles. The van der Waals surface area contributed by atoms with E-state index in [0.29, 0.717) is 0 Å². The van der Waals surface area contributed by atoms with Crippen LogP contribution in [0.2, 0.25) is 0 Å². The van der Waals surface area contributed by atoms with Crippen molar-refractivity contribution in [3.05, 3.63) is 270 Å². The first-order chi connectivity index (χ1) is 31.0. The van der Waals surface area contributed by atoms with Crippen LogP contribution in [0.3, 0.4) is 0 Å². The molecule has 0 heterocycles. The number of fused-ring (bicyclic) bond motifs is 7. The largest absolute Gasteiger partial charge is 0.310 e. The average Bonchev–Trinajstić information content (AvgIpc) is 3.77. The summed E-state index contributed by atoms with van der Waals surface area (Å²) in [4.78, 5) is 2.54. The zero-order valence-electron chi connectivity index (χ0n) is 35.5. The molecular weight excluding hydrogens is 759 g/mol. The molecule has 0 radical (unpaired) electrons. The van der Waals surface area contributed by atoms with Crippen LogP contribution in [-0.4, -0.2) is 0 Å². The maximum Gasteiger partial charge on any atom is 0.0714 e. The molecule has 0 unspecified atom stereocenters. The molecule has 10 aromatic rings. The molecule has 0 N–H and O–H groups in total. The van der Waals surface area contributed by atoms with E-state index in [2.05, 4.69) is 255 Å². The lowest BCUT2D eigenvalue weighted by Gasteiger charge is -2.35. The van der Waals surface area contributed by atoms with E-state index in [4.69, 9.17) is 0 Å². The second kappa shape index (κ2) is 14.4. The van der Waals surface area contributed by atoms with Gasteiger partial charge in [0.05, 0.1) is 11.1 Å². The van der Waals surface area contributed by atoms with Crippen LogP contribution in [0, 0.1) is 0 Å². The molecular formula is C62H45N. The third-order valence-electron chi connectivity index (χ3n) is 13.9. The summed E-state index contributed by atoms with van der Waals surface area (Å²) in [6, 6.07) is 88.0. The van der Waals surface area contributed by atoms with Crippen LogP contribution in [0.1, 0.15) is 47.2 Å². The summed E-state index contributed by atoms with van der Waals surface area (Å²) in [5.41, 5.74) is 20.4. The van der Waals surface area contributed by atoms with Crippen LogP contribution in [-0.2, 0) is 10.8 Å². The van der Waals surface area contributed by atoms with Gasteiger partial charge in [-0.15, -0.1) is 0 Å². The van der Waals surface area contributed by atoms with Crippen molar-refractivity contribution in [1.82, 2.24) is 0 Å². The standard InChI is InChI=1S/C62H45N/c1-61(2)55-30-16-14-27-51(55)53-37-35-48(40-57(53)61)63(59-32-18-29-50(60(59)43-20-6-3-7-21-43)45-34-33-42-19-12-13-22-44(42)39-45)49-36-38-54-52-28-15-17-31-56(52)62(58(54)41-49,46-23-8-4-9-24-46)47-25-10-5-11-26-47/h3-41H,1-2H3. The quantitative estimate of drug-likeness (QED) is 0.155. The molecule has 12 rings (SSSR count). The highest BCUT2D eigenvalue weighted by molar-refractivity contribution is 6.00. The van der Waals surface area contributed by atoms with Crippen molar-refractivity contribution in [2.45, 2.75) is 24.7 Å². The SMILES string of the molecule is CC1(C)c2ccccc2-c2ccc(N(c3ccc4c(c3)C(c3ccccc3)(c3ccccc3)c3ccccc3-4)c3cccc(-c4ccc5ccccc5c4)c3-c3ccccc3)cc21. The summed E-state index contributed by atoms with van der Waals surface area (Å²) in [5, 5.41) is 2.47. The number of nitrogens with zero attached hydrogens (tertiary/aromatic N) is 1. The highest BCUT2D eigenvalue weighted by atomic mass is 15.1. The maximum absolute atomic E-state index is 2.54. The summed E-state index contributed by atoms with van der Waals surface area (Å²) >= 11 is 0. The normalized spacial score (nSPS) is 13.8. The molecule has 0 fully saturated rings. The van der Waals surface area contributed by atoms with Gasteiger partial charge in [-0.25, -0.2) is 0 Å². The number of benzene rings is 10. The Morgan fingerprint density at radius 3 is 1.51 bits per heavy atom. The van der Waals surface area contributed by atoms with E-state index in [1.54, 1.807) is 0 Å². The van der Waals surface area contributed by atoms with E-state index in [1.165, 1.54) is 88.7 Å². The first kappa shape index (κ1) is 37.1. The summed E-state index contributed by atoms with van der Waals surface area (Å²) in [6.45, 7) is 4.75. The van der Waals surface area contributed by atoms with Gasteiger partial charge in [0.15, 0.2) is 0 Å². The van der Waals surface area contributed by atoms with Crippen LogP contribution in [0.5, 0.6) is 0 Å². The van der Waals surface area contributed by atoms with Gasteiger partial charge < -0.3 is 4.90 Å². The van der Waals surface area contributed by atoms with Gasteiger partial charge in [0.25, 0.3) is 0 Å². The minimum absolute atomic E-state index is 0.168. The zero-order valence-corrected chi connectivity index (χ0v) is 35.5. The van der Waals surface area contributed by atoms with Crippen molar-refractivity contribution in [1.29, 1.82) is 0 Å². The van der Waals surface area contributed by atoms with Crippen LogP contribution in [0.25, 0.3) is 55.3 Å². The van der Waals surface area contributed by atoms with Gasteiger partial charge >= 0.3 is 0 Å². The van der Waals surface area contributed by atoms with E-state index >= 15 is 0 Å². The molecule has 0 aromatic heterocycles. The molecule has 2 aliphatic carbocycles. The van der Waals surface area contributed by atoms with Gasteiger partial charge in [-0.2, -0.15) is 0 Å². The third kappa shape index (κ3) is 5.63. The molecule has 1 heteroatoms. The third-order valence-corrected chi connectivity index (χ3v) is 13.9. The molecule has 2 aliphatic rings. The van der Waals surface area contributed by atoms with E-state index < -0.39 is 5.41 Å². The lowest BCUT2D eigenvalue weighted by Crippen LogP contribution is -2.28. The van der Waals surface area contributed by atoms with Gasteiger partial charge in [-0.3, -0.25) is 0 Å². The molecule has 0 amide bonds. The lowest BCUT2D eigenvalue weighted by molar-refractivity contribution is 0.660. The van der Waals surface area contributed by atoms with Crippen LogP contribution in [0.15, 0.2) is 237 Å². The van der Waals surface area contributed by atoms with Gasteiger partial charge in [-0.05, 0) is 119 Å². The molecule has 0 bridgehead atoms. The second-order valence-electron chi connectivity index (χ2n) is 17.6. The van der Waals surface area contributed by atoms with E-state index in [-0.39, 0.29) is 5.41 Å². The van der Waals surface area contributed by atoms with Crippen molar-refractivity contribution in [2.24, 2.45) is 0 Å². The second-order valence-corrected chi connectivity index (χ2v) is 17.6. The van der Waals surface area contributed by atoms with Crippen molar-refractivity contribution in [3.63, 3.8) is 0 Å². The van der Waals surface area contributed by atoms with Crippen LogP contribution in [0.4, 0.5) is 17.1 Å². The Morgan fingerprint density at radius 1 is 0.317 bits per heavy atom. The Balaban J connectivity index is 1.16. The van der Waals surface area contributed by atoms with E-state index in [0.717, 1.165) is 17.1 Å². The fourth-order valence-corrected chi connectivity index (χ4v) is 11.1. The Kier molecular flexibility index (Phi) is 8.49. The number of rotatable bonds is 7. The van der Waals surface area contributed by atoms with E-state index in [1.807, 2.05) is 0 Å². The van der Waals surface area contributed by atoms with E-state index in [9.17, 15) is 0 Å². The number of hydrogen-bond acceptors (Lipinski definition) is 1. The topological polar surface area (TPSA) is 3.24 Å². The summed E-state index contributed by atoms with van der Waals surface area (Å²) < 4.78 is 0. The molecule has 0 spiro atoms. The highest BCUT2D eigenvalue weighted by Gasteiger charge is 2.46. The Hall–Kier alpha value is -7.74. The van der Waals surface area contributed by atoms with Gasteiger partial charge in [0.2, 0.25) is 0 Å². The zero-order chi connectivity index (χ0) is 42.1. The van der Waals surface area contributed by atoms with Crippen LogP contribution >= 0.6 is 0 Å².